The van der Waals surface area contributed by atoms with Crippen LogP contribution in [0.3, 0.4) is 0 Å². The first kappa shape index (κ1) is 12.1. The van der Waals surface area contributed by atoms with Gasteiger partial charge in [0, 0.05) is 7.05 Å². The number of amides is 1. The number of carbonyl (C=O) groups excluding carboxylic acids is 1. The van der Waals surface area contributed by atoms with Crippen LogP contribution in [0.25, 0.3) is 0 Å². The van der Waals surface area contributed by atoms with E-state index in [9.17, 15) is 4.79 Å². The van der Waals surface area contributed by atoms with Gasteiger partial charge in [-0.25, -0.2) is 0 Å². The Balaban J connectivity index is 2.22. The lowest BCUT2D eigenvalue weighted by atomic mass is 9.86. The first-order valence-corrected chi connectivity index (χ1v) is 5.99. The second-order valence-corrected chi connectivity index (χ2v) is 5.66. The molecule has 17 heavy (non-hydrogen) atoms. The van der Waals surface area contributed by atoms with Crippen LogP contribution in [-0.2, 0) is 10.2 Å². The molecule has 92 valence electrons. The van der Waals surface area contributed by atoms with Crippen LogP contribution in [0.1, 0.15) is 38.1 Å². The Morgan fingerprint density at radius 2 is 1.82 bits per heavy atom. The molecule has 0 saturated carbocycles. The monoisotopic (exact) mass is 232 g/mol. The second-order valence-electron chi connectivity index (χ2n) is 5.66. The van der Waals surface area contributed by atoms with Gasteiger partial charge in [-0.1, -0.05) is 45.0 Å². The molecule has 1 unspecified atom stereocenters. The van der Waals surface area contributed by atoms with Gasteiger partial charge in [0.2, 0.25) is 5.91 Å². The van der Waals surface area contributed by atoms with Gasteiger partial charge < -0.3 is 4.90 Å². The highest BCUT2D eigenvalue weighted by Gasteiger charge is 2.28. The molecule has 3 nitrogen and oxygen atoms in total. The van der Waals surface area contributed by atoms with E-state index < -0.39 is 0 Å². The standard InChI is InChI=1S/C14H20N2O/c1-14(2,3)11-7-5-10(6-8-11)13-15-9-12(17)16(13)4/h5-8,13,15H,9H2,1-4H3. The zero-order valence-electron chi connectivity index (χ0n) is 10.9. The summed E-state index contributed by atoms with van der Waals surface area (Å²) in [5, 5.41) is 3.21. The van der Waals surface area contributed by atoms with E-state index in [0.29, 0.717) is 6.54 Å². The van der Waals surface area contributed by atoms with Crippen LogP contribution in [0.2, 0.25) is 0 Å². The number of nitrogens with zero attached hydrogens (tertiary/aromatic N) is 1. The SMILES string of the molecule is CN1C(=O)CNC1c1ccc(C(C)(C)C)cc1. The quantitative estimate of drug-likeness (QED) is 0.803. The summed E-state index contributed by atoms with van der Waals surface area (Å²) in [6.45, 7) is 7.03. The Hall–Kier alpha value is -1.35. The van der Waals surface area contributed by atoms with Crippen LogP contribution in [0.15, 0.2) is 24.3 Å². The molecule has 0 aliphatic carbocycles. The van der Waals surface area contributed by atoms with Crippen molar-refractivity contribution >= 4 is 5.91 Å². The maximum atomic E-state index is 11.4. The predicted molar refractivity (Wildman–Crippen MR) is 68.7 cm³/mol. The van der Waals surface area contributed by atoms with Gasteiger partial charge in [-0.05, 0) is 16.5 Å². The zero-order valence-corrected chi connectivity index (χ0v) is 10.9. The molecule has 0 radical (unpaired) electrons. The van der Waals surface area contributed by atoms with Gasteiger partial charge in [-0.2, -0.15) is 0 Å². The number of rotatable bonds is 1. The van der Waals surface area contributed by atoms with Crippen LogP contribution < -0.4 is 5.32 Å². The first-order valence-electron chi connectivity index (χ1n) is 5.99. The van der Waals surface area contributed by atoms with Gasteiger partial charge in [-0.3, -0.25) is 10.1 Å². The largest absolute Gasteiger partial charge is 0.325 e. The second kappa shape index (κ2) is 4.15. The topological polar surface area (TPSA) is 32.3 Å². The van der Waals surface area contributed by atoms with Gasteiger partial charge in [0.05, 0.1) is 6.54 Å². The molecule has 1 aromatic rings. The van der Waals surface area contributed by atoms with Crippen molar-refractivity contribution in [3.63, 3.8) is 0 Å². The Morgan fingerprint density at radius 3 is 2.24 bits per heavy atom. The average Bonchev–Trinajstić information content (AvgIpc) is 2.59. The Bertz CT molecular complexity index is 417. The summed E-state index contributed by atoms with van der Waals surface area (Å²) in [4.78, 5) is 13.2. The predicted octanol–water partition coefficient (Wildman–Crippen LogP) is 2.04. The Kier molecular flexibility index (Phi) is 2.96. The van der Waals surface area contributed by atoms with Crippen molar-refractivity contribution in [2.75, 3.05) is 13.6 Å². The normalized spacial score (nSPS) is 21.1. The van der Waals surface area contributed by atoms with Gasteiger partial charge in [-0.15, -0.1) is 0 Å². The van der Waals surface area contributed by atoms with E-state index in [4.69, 9.17) is 0 Å². The molecule has 1 aromatic carbocycles. The van der Waals surface area contributed by atoms with E-state index >= 15 is 0 Å². The summed E-state index contributed by atoms with van der Waals surface area (Å²) >= 11 is 0. The fourth-order valence-corrected chi connectivity index (χ4v) is 2.10. The fraction of sp³-hybridized carbons (Fsp3) is 0.500. The highest BCUT2D eigenvalue weighted by molar-refractivity contribution is 5.80. The molecule has 0 spiro atoms. The molecule has 1 amide bonds. The van der Waals surface area contributed by atoms with Crippen molar-refractivity contribution in [3.05, 3.63) is 35.4 Å². The molecule has 1 saturated heterocycles. The highest BCUT2D eigenvalue weighted by atomic mass is 16.2. The van der Waals surface area contributed by atoms with E-state index in [2.05, 4.69) is 50.4 Å². The Morgan fingerprint density at radius 1 is 1.24 bits per heavy atom. The fourth-order valence-electron chi connectivity index (χ4n) is 2.10. The van der Waals surface area contributed by atoms with E-state index in [1.165, 1.54) is 5.56 Å². The van der Waals surface area contributed by atoms with Crippen LogP contribution in [0, 0.1) is 0 Å². The third kappa shape index (κ3) is 2.34. The third-order valence-electron chi connectivity index (χ3n) is 3.32. The molecule has 0 bridgehead atoms. The van der Waals surface area contributed by atoms with E-state index in [0.717, 1.165) is 5.56 Å². The lowest BCUT2D eigenvalue weighted by molar-refractivity contribution is -0.126. The summed E-state index contributed by atoms with van der Waals surface area (Å²) in [5.74, 6) is 0.148. The summed E-state index contributed by atoms with van der Waals surface area (Å²) < 4.78 is 0. The molecule has 0 aromatic heterocycles. The van der Waals surface area contributed by atoms with Crippen molar-refractivity contribution in [2.45, 2.75) is 32.4 Å². The van der Waals surface area contributed by atoms with Crippen LogP contribution in [0.5, 0.6) is 0 Å². The number of benzene rings is 1. The molecule has 1 aliphatic heterocycles. The van der Waals surface area contributed by atoms with Crippen molar-refractivity contribution < 1.29 is 4.79 Å². The molecule has 1 atom stereocenters. The minimum atomic E-state index is 0.0246. The molecule has 3 heteroatoms. The first-order chi connectivity index (χ1) is 7.89. The van der Waals surface area contributed by atoms with Crippen molar-refractivity contribution in [3.8, 4) is 0 Å². The molecular weight excluding hydrogens is 212 g/mol. The van der Waals surface area contributed by atoms with Crippen LogP contribution in [-0.4, -0.2) is 24.4 Å². The van der Waals surface area contributed by atoms with E-state index in [-0.39, 0.29) is 17.5 Å². The van der Waals surface area contributed by atoms with Gasteiger partial charge in [0.1, 0.15) is 6.17 Å². The van der Waals surface area contributed by atoms with Crippen molar-refractivity contribution in [2.24, 2.45) is 0 Å². The van der Waals surface area contributed by atoms with Crippen molar-refractivity contribution in [1.29, 1.82) is 0 Å². The number of nitrogens with one attached hydrogen (secondary N) is 1. The molecule has 1 N–H and O–H groups in total. The van der Waals surface area contributed by atoms with E-state index in [1.807, 2.05) is 7.05 Å². The number of carbonyl (C=O) groups is 1. The van der Waals surface area contributed by atoms with Crippen LogP contribution >= 0.6 is 0 Å². The average molecular weight is 232 g/mol. The maximum Gasteiger partial charge on any atom is 0.237 e. The lowest BCUT2D eigenvalue weighted by Gasteiger charge is -2.22. The minimum Gasteiger partial charge on any atom is -0.325 e. The summed E-state index contributed by atoms with van der Waals surface area (Å²) in [6, 6.07) is 8.50. The summed E-state index contributed by atoms with van der Waals surface area (Å²) in [7, 11) is 1.84. The number of likely N-dealkylation sites (N-methyl/N-ethyl adjacent to an activating group) is 1. The van der Waals surface area contributed by atoms with Gasteiger partial charge in [0.25, 0.3) is 0 Å². The highest BCUT2D eigenvalue weighted by Crippen LogP contribution is 2.26. The zero-order chi connectivity index (χ0) is 12.6. The van der Waals surface area contributed by atoms with E-state index in [1.54, 1.807) is 4.90 Å². The maximum absolute atomic E-state index is 11.4. The molecule has 1 aliphatic rings. The minimum absolute atomic E-state index is 0.0246. The van der Waals surface area contributed by atoms with Gasteiger partial charge in [0.15, 0.2) is 0 Å². The molecule has 1 heterocycles. The number of hydrogen-bond donors (Lipinski definition) is 1. The lowest BCUT2D eigenvalue weighted by Crippen LogP contribution is -2.26. The number of hydrogen-bond acceptors (Lipinski definition) is 2. The van der Waals surface area contributed by atoms with Gasteiger partial charge >= 0.3 is 0 Å². The molecule has 2 rings (SSSR count). The summed E-state index contributed by atoms with van der Waals surface area (Å²) in [5.41, 5.74) is 2.63. The van der Waals surface area contributed by atoms with Crippen LogP contribution in [0.4, 0.5) is 0 Å². The molecule has 1 fully saturated rings. The smallest absolute Gasteiger partial charge is 0.237 e. The van der Waals surface area contributed by atoms with Crippen molar-refractivity contribution in [1.82, 2.24) is 10.2 Å². The Labute approximate surface area is 103 Å². The summed E-state index contributed by atoms with van der Waals surface area (Å²) in [6.07, 6.45) is 0.0246. The third-order valence-corrected chi connectivity index (χ3v) is 3.32. The molecular formula is C14H20N2O.